The maximum absolute atomic E-state index is 13.4. The van der Waals surface area contributed by atoms with Gasteiger partial charge in [0, 0.05) is 26.7 Å². The molecule has 0 aliphatic carbocycles. The van der Waals surface area contributed by atoms with Gasteiger partial charge < -0.3 is 19.3 Å². The Morgan fingerprint density at radius 3 is 2.59 bits per heavy atom. The number of para-hydroxylation sites is 1. The van der Waals surface area contributed by atoms with Crippen LogP contribution < -0.4 is 4.74 Å². The first-order valence-electron chi connectivity index (χ1n) is 11.2. The van der Waals surface area contributed by atoms with Crippen LogP contribution in [-0.2, 0) is 16.0 Å². The standard InChI is InChI=1S/C26H32FN3O4/c1-4-15-33-19-23(31)17-29(14-16-32-3)18-25-20(2)28-30(22-8-6-5-7-9-22)26(25)34-24-12-10-21(27)11-13-24/h4-13,23,31H,1,14-19H2,2-3H3. The number of halogens is 1. The molecular formula is C26H32FN3O4. The van der Waals surface area contributed by atoms with Crippen molar-refractivity contribution in [2.45, 2.75) is 19.6 Å². The Kier molecular flexibility index (Phi) is 9.78. The molecule has 3 rings (SSSR count). The number of aromatic nitrogens is 2. The summed E-state index contributed by atoms with van der Waals surface area (Å²) in [6.07, 6.45) is 0.971. The van der Waals surface area contributed by atoms with Crippen molar-refractivity contribution < 1.29 is 23.7 Å². The van der Waals surface area contributed by atoms with E-state index >= 15 is 0 Å². The van der Waals surface area contributed by atoms with Crippen molar-refractivity contribution in [1.82, 2.24) is 14.7 Å². The fourth-order valence-corrected chi connectivity index (χ4v) is 3.50. The quantitative estimate of drug-likeness (QED) is 0.283. The Morgan fingerprint density at radius 1 is 1.18 bits per heavy atom. The number of aliphatic hydroxyl groups excluding tert-OH is 1. The lowest BCUT2D eigenvalue weighted by Crippen LogP contribution is -2.36. The van der Waals surface area contributed by atoms with Gasteiger partial charge in [-0.25, -0.2) is 9.07 Å². The summed E-state index contributed by atoms with van der Waals surface area (Å²) in [6.45, 7) is 8.08. The molecule has 7 nitrogen and oxygen atoms in total. The fourth-order valence-electron chi connectivity index (χ4n) is 3.50. The van der Waals surface area contributed by atoms with Crippen molar-refractivity contribution in [3.8, 4) is 17.3 Å². The third-order valence-electron chi connectivity index (χ3n) is 5.17. The van der Waals surface area contributed by atoms with Crippen LogP contribution in [-0.4, -0.2) is 65.9 Å². The maximum Gasteiger partial charge on any atom is 0.227 e. The summed E-state index contributed by atoms with van der Waals surface area (Å²) >= 11 is 0. The minimum absolute atomic E-state index is 0.205. The minimum atomic E-state index is -0.678. The molecule has 1 unspecified atom stereocenters. The third-order valence-corrected chi connectivity index (χ3v) is 5.17. The molecule has 1 heterocycles. The number of rotatable bonds is 14. The van der Waals surface area contributed by atoms with E-state index in [4.69, 9.17) is 19.3 Å². The molecule has 1 aromatic heterocycles. The molecule has 0 aliphatic heterocycles. The number of benzene rings is 2. The van der Waals surface area contributed by atoms with E-state index in [1.165, 1.54) is 12.1 Å². The number of aliphatic hydroxyl groups is 1. The molecule has 8 heteroatoms. The predicted octanol–water partition coefficient (Wildman–Crippen LogP) is 4.12. The molecule has 0 saturated heterocycles. The van der Waals surface area contributed by atoms with Gasteiger partial charge in [-0.3, -0.25) is 4.90 Å². The number of aryl methyl sites for hydroxylation is 1. The van der Waals surface area contributed by atoms with Crippen molar-refractivity contribution in [1.29, 1.82) is 0 Å². The van der Waals surface area contributed by atoms with Crippen molar-refractivity contribution >= 4 is 0 Å². The molecule has 0 amide bonds. The second-order valence-corrected chi connectivity index (χ2v) is 7.88. The normalized spacial score (nSPS) is 12.1. The highest BCUT2D eigenvalue weighted by Crippen LogP contribution is 2.31. The van der Waals surface area contributed by atoms with Gasteiger partial charge in [0.05, 0.1) is 42.9 Å². The van der Waals surface area contributed by atoms with Crippen molar-refractivity contribution in [3.63, 3.8) is 0 Å². The number of hydrogen-bond acceptors (Lipinski definition) is 6. The zero-order valence-corrected chi connectivity index (χ0v) is 19.7. The summed E-state index contributed by atoms with van der Waals surface area (Å²) in [6, 6.07) is 15.6. The molecule has 0 spiro atoms. The highest BCUT2D eigenvalue weighted by atomic mass is 19.1. The van der Waals surface area contributed by atoms with Crippen LogP contribution in [0.4, 0.5) is 4.39 Å². The number of methoxy groups -OCH3 is 1. The Hall–Kier alpha value is -3.04. The monoisotopic (exact) mass is 469 g/mol. The number of nitrogens with zero attached hydrogens (tertiary/aromatic N) is 3. The summed E-state index contributed by atoms with van der Waals surface area (Å²) in [5.41, 5.74) is 2.50. The van der Waals surface area contributed by atoms with Gasteiger partial charge in [-0.05, 0) is 43.3 Å². The van der Waals surface area contributed by atoms with E-state index < -0.39 is 6.10 Å². The predicted molar refractivity (Wildman–Crippen MR) is 129 cm³/mol. The molecule has 34 heavy (non-hydrogen) atoms. The molecule has 0 fully saturated rings. The largest absolute Gasteiger partial charge is 0.439 e. The van der Waals surface area contributed by atoms with Crippen LogP contribution >= 0.6 is 0 Å². The molecule has 3 aromatic rings. The van der Waals surface area contributed by atoms with Gasteiger partial charge in [0.25, 0.3) is 0 Å². The Labute approximate surface area is 200 Å². The summed E-state index contributed by atoms with van der Waals surface area (Å²) in [4.78, 5) is 2.07. The third kappa shape index (κ3) is 7.23. The number of hydrogen-bond donors (Lipinski definition) is 1. The van der Waals surface area contributed by atoms with E-state index in [2.05, 4.69) is 11.5 Å². The van der Waals surface area contributed by atoms with Gasteiger partial charge in [0.15, 0.2) is 0 Å². The van der Waals surface area contributed by atoms with Gasteiger partial charge in [0.1, 0.15) is 11.6 Å². The first kappa shape index (κ1) is 25.6. The SMILES string of the molecule is C=CCOCC(O)CN(CCOC)Cc1c(C)nn(-c2ccccc2)c1Oc1ccc(F)cc1. The maximum atomic E-state index is 13.4. The van der Waals surface area contributed by atoms with E-state index in [1.54, 1.807) is 30.0 Å². The smallest absolute Gasteiger partial charge is 0.227 e. The van der Waals surface area contributed by atoms with Crippen LogP contribution in [0.2, 0.25) is 0 Å². The minimum Gasteiger partial charge on any atom is -0.439 e. The highest BCUT2D eigenvalue weighted by molar-refractivity contribution is 5.43. The lowest BCUT2D eigenvalue weighted by atomic mass is 10.2. The summed E-state index contributed by atoms with van der Waals surface area (Å²) in [5, 5.41) is 15.2. The topological polar surface area (TPSA) is 69.0 Å². The summed E-state index contributed by atoms with van der Waals surface area (Å²) in [5.74, 6) is 0.704. The fraction of sp³-hybridized carbons (Fsp3) is 0.346. The molecule has 0 saturated carbocycles. The van der Waals surface area contributed by atoms with Gasteiger partial charge in [-0.15, -0.1) is 6.58 Å². The van der Waals surface area contributed by atoms with Gasteiger partial charge in [-0.2, -0.15) is 5.10 Å². The molecule has 0 aliphatic rings. The average molecular weight is 470 g/mol. The zero-order chi connectivity index (χ0) is 24.3. The van der Waals surface area contributed by atoms with Gasteiger partial charge in [-0.1, -0.05) is 24.3 Å². The molecule has 182 valence electrons. The van der Waals surface area contributed by atoms with Crippen LogP contribution in [0.15, 0.2) is 67.3 Å². The van der Waals surface area contributed by atoms with Crippen molar-refractivity contribution in [2.24, 2.45) is 0 Å². The molecule has 2 aromatic carbocycles. The van der Waals surface area contributed by atoms with E-state index in [0.717, 1.165) is 16.9 Å². The molecule has 0 bridgehead atoms. The lowest BCUT2D eigenvalue weighted by molar-refractivity contribution is 0.0192. The molecule has 0 radical (unpaired) electrons. The Bertz CT molecular complexity index is 1020. The molecule has 1 atom stereocenters. The van der Waals surface area contributed by atoms with E-state index in [-0.39, 0.29) is 12.4 Å². The second-order valence-electron chi connectivity index (χ2n) is 7.88. The first-order chi connectivity index (χ1) is 16.5. The Balaban J connectivity index is 1.91. The van der Waals surface area contributed by atoms with Crippen LogP contribution in [0.25, 0.3) is 5.69 Å². The highest BCUT2D eigenvalue weighted by Gasteiger charge is 2.22. The molecule has 1 N–H and O–H groups in total. The summed E-state index contributed by atoms with van der Waals surface area (Å²) in [7, 11) is 1.64. The second kappa shape index (κ2) is 13.0. The number of ether oxygens (including phenoxy) is 3. The summed E-state index contributed by atoms with van der Waals surface area (Å²) < 4.78 is 32.1. The zero-order valence-electron chi connectivity index (χ0n) is 19.7. The van der Waals surface area contributed by atoms with Crippen LogP contribution in [0, 0.1) is 12.7 Å². The van der Waals surface area contributed by atoms with Gasteiger partial charge >= 0.3 is 0 Å². The van der Waals surface area contributed by atoms with Gasteiger partial charge in [0.2, 0.25) is 5.88 Å². The van der Waals surface area contributed by atoms with Crippen molar-refractivity contribution in [3.05, 3.63) is 84.3 Å². The van der Waals surface area contributed by atoms with E-state index in [1.807, 2.05) is 37.3 Å². The molecular weight excluding hydrogens is 437 g/mol. The Morgan fingerprint density at radius 2 is 1.91 bits per heavy atom. The average Bonchev–Trinajstić information content (AvgIpc) is 3.14. The van der Waals surface area contributed by atoms with Crippen LogP contribution in [0.1, 0.15) is 11.3 Å². The van der Waals surface area contributed by atoms with Crippen LogP contribution in [0.3, 0.4) is 0 Å². The van der Waals surface area contributed by atoms with Crippen molar-refractivity contribution in [2.75, 3.05) is 40.0 Å². The van der Waals surface area contributed by atoms with E-state index in [0.29, 0.717) is 44.5 Å². The van der Waals surface area contributed by atoms with E-state index in [9.17, 15) is 9.50 Å². The first-order valence-corrected chi connectivity index (χ1v) is 11.2. The van der Waals surface area contributed by atoms with Crippen LogP contribution in [0.5, 0.6) is 11.6 Å². The lowest BCUT2D eigenvalue weighted by Gasteiger charge is -2.25.